The summed E-state index contributed by atoms with van der Waals surface area (Å²) in [7, 11) is 0. The van der Waals surface area contributed by atoms with Gasteiger partial charge < -0.3 is 9.84 Å². The predicted molar refractivity (Wildman–Crippen MR) is 149 cm³/mol. The highest BCUT2D eigenvalue weighted by Gasteiger charge is 2.26. The maximum Gasteiger partial charge on any atom is 0.241 e. The number of nitrogens with one attached hydrogen (secondary N) is 1. The second kappa shape index (κ2) is 11.9. The Morgan fingerprint density at radius 1 is 1.08 bits per heavy atom. The molecule has 0 aliphatic carbocycles. The Balaban J connectivity index is 1.09. The number of piperidine rings is 1. The lowest BCUT2D eigenvalue weighted by molar-refractivity contribution is -0.121. The van der Waals surface area contributed by atoms with E-state index in [0.717, 1.165) is 48.5 Å². The van der Waals surface area contributed by atoms with Crippen molar-refractivity contribution in [2.45, 2.75) is 37.0 Å². The Kier molecular flexibility index (Phi) is 8.24. The Morgan fingerprint density at radius 3 is 2.57 bits per heavy atom. The third kappa shape index (κ3) is 6.80. The van der Waals surface area contributed by atoms with Gasteiger partial charge in [0.05, 0.1) is 6.54 Å². The molecule has 3 aromatic carbocycles. The molecule has 5 rings (SSSR count). The van der Waals surface area contributed by atoms with Gasteiger partial charge in [0.25, 0.3) is 0 Å². The van der Waals surface area contributed by atoms with Crippen LogP contribution in [-0.2, 0) is 17.1 Å². The van der Waals surface area contributed by atoms with E-state index < -0.39 is 0 Å². The fraction of sp³-hybridized carbons (Fsp3) is 0.276. The molecule has 0 radical (unpaired) electrons. The van der Waals surface area contributed by atoms with Crippen molar-refractivity contribution < 1.29 is 9.32 Å². The number of carbonyl (C=O) groups excluding carboxylic acids is 1. The van der Waals surface area contributed by atoms with Gasteiger partial charge in [-0.1, -0.05) is 47.1 Å². The molecule has 1 amide bonds. The molecule has 1 aliphatic rings. The summed E-state index contributed by atoms with van der Waals surface area (Å²) in [6, 6.07) is 24.0. The van der Waals surface area contributed by atoms with Crippen molar-refractivity contribution in [3.63, 3.8) is 0 Å². The van der Waals surface area contributed by atoms with Crippen LogP contribution >= 0.6 is 23.4 Å². The molecule has 0 bridgehead atoms. The average molecular weight is 533 g/mol. The van der Waals surface area contributed by atoms with E-state index in [2.05, 4.69) is 63.7 Å². The summed E-state index contributed by atoms with van der Waals surface area (Å²) in [6.07, 6.45) is 1.60. The summed E-state index contributed by atoms with van der Waals surface area (Å²) < 4.78 is 5.45. The standard InChI is InChI=1S/C29H29ClN4O2S/c1-20-17-21(19-37-25-5-3-2-4-6-25)7-12-26(20)31-29(35)23-13-15-34(16-14-23)18-27-32-28(33-36-27)22-8-10-24(30)11-9-22/h2-12,17,23H,13-16,18-19H2,1H3,(H,31,35). The number of nitrogens with zero attached hydrogens (tertiary/aromatic N) is 3. The summed E-state index contributed by atoms with van der Waals surface area (Å²) in [5.41, 5.74) is 4.09. The number of rotatable bonds is 8. The number of hydrogen-bond acceptors (Lipinski definition) is 6. The van der Waals surface area contributed by atoms with Crippen molar-refractivity contribution in [2.75, 3.05) is 18.4 Å². The van der Waals surface area contributed by atoms with Gasteiger partial charge in [0.2, 0.25) is 17.6 Å². The highest BCUT2D eigenvalue weighted by Crippen LogP contribution is 2.27. The maximum absolute atomic E-state index is 13.0. The molecule has 8 heteroatoms. The Labute approximate surface area is 226 Å². The molecule has 190 valence electrons. The van der Waals surface area contributed by atoms with Crippen LogP contribution in [0.1, 0.15) is 29.9 Å². The van der Waals surface area contributed by atoms with Gasteiger partial charge in [0.15, 0.2) is 0 Å². The van der Waals surface area contributed by atoms with Crippen molar-refractivity contribution in [3.8, 4) is 11.4 Å². The highest BCUT2D eigenvalue weighted by molar-refractivity contribution is 7.98. The first-order valence-corrected chi connectivity index (χ1v) is 13.8. The summed E-state index contributed by atoms with van der Waals surface area (Å²) in [6.45, 7) is 4.25. The average Bonchev–Trinajstić information content (AvgIpc) is 3.38. The van der Waals surface area contributed by atoms with Crippen LogP contribution in [0.4, 0.5) is 5.69 Å². The van der Waals surface area contributed by atoms with Crippen LogP contribution in [-0.4, -0.2) is 34.0 Å². The number of anilines is 1. The van der Waals surface area contributed by atoms with Crippen molar-refractivity contribution in [2.24, 2.45) is 5.92 Å². The molecule has 0 atom stereocenters. The van der Waals surface area contributed by atoms with Crippen LogP contribution in [0.15, 0.2) is 82.2 Å². The van der Waals surface area contributed by atoms with Crippen molar-refractivity contribution in [3.05, 3.63) is 94.8 Å². The molecule has 1 aliphatic heterocycles. The van der Waals surface area contributed by atoms with Gasteiger partial charge in [0, 0.05) is 32.8 Å². The van der Waals surface area contributed by atoms with Crippen molar-refractivity contribution >= 4 is 35.0 Å². The van der Waals surface area contributed by atoms with Gasteiger partial charge in [-0.3, -0.25) is 9.69 Å². The molecule has 0 saturated carbocycles. The van der Waals surface area contributed by atoms with E-state index >= 15 is 0 Å². The van der Waals surface area contributed by atoms with E-state index in [1.165, 1.54) is 10.5 Å². The fourth-order valence-electron chi connectivity index (χ4n) is 4.45. The van der Waals surface area contributed by atoms with E-state index in [4.69, 9.17) is 16.1 Å². The lowest BCUT2D eigenvalue weighted by atomic mass is 9.95. The lowest BCUT2D eigenvalue weighted by Gasteiger charge is -2.30. The first-order valence-electron chi connectivity index (χ1n) is 12.4. The third-order valence-corrected chi connectivity index (χ3v) is 7.92. The topological polar surface area (TPSA) is 71.3 Å². The van der Waals surface area contributed by atoms with Gasteiger partial charge in [-0.2, -0.15) is 4.98 Å². The van der Waals surface area contributed by atoms with Crippen LogP contribution in [0.25, 0.3) is 11.4 Å². The zero-order chi connectivity index (χ0) is 25.6. The third-order valence-electron chi connectivity index (χ3n) is 6.59. The highest BCUT2D eigenvalue weighted by atomic mass is 35.5. The predicted octanol–water partition coefficient (Wildman–Crippen LogP) is 6.84. The molecule has 6 nitrogen and oxygen atoms in total. The number of amides is 1. The molecule has 1 N–H and O–H groups in total. The first-order chi connectivity index (χ1) is 18.0. The fourth-order valence-corrected chi connectivity index (χ4v) is 5.44. The SMILES string of the molecule is Cc1cc(CSc2ccccc2)ccc1NC(=O)C1CCN(Cc2nc(-c3ccc(Cl)cc3)no2)CC1. The molecule has 1 fully saturated rings. The zero-order valence-electron chi connectivity index (χ0n) is 20.7. The smallest absolute Gasteiger partial charge is 0.241 e. The van der Waals surface area contributed by atoms with Crippen LogP contribution < -0.4 is 5.32 Å². The van der Waals surface area contributed by atoms with Gasteiger partial charge in [0.1, 0.15) is 0 Å². The first kappa shape index (κ1) is 25.5. The maximum atomic E-state index is 13.0. The van der Waals surface area contributed by atoms with E-state index in [-0.39, 0.29) is 11.8 Å². The van der Waals surface area contributed by atoms with Crippen LogP contribution in [0.2, 0.25) is 5.02 Å². The number of halogens is 1. The Bertz CT molecular complexity index is 1340. The number of thioether (sulfide) groups is 1. The zero-order valence-corrected chi connectivity index (χ0v) is 22.3. The minimum Gasteiger partial charge on any atom is -0.338 e. The van der Waals surface area contributed by atoms with Gasteiger partial charge in [-0.25, -0.2) is 0 Å². The molecular weight excluding hydrogens is 504 g/mol. The molecule has 37 heavy (non-hydrogen) atoms. The number of carbonyl (C=O) groups is 1. The van der Waals surface area contributed by atoms with E-state index in [9.17, 15) is 4.79 Å². The van der Waals surface area contributed by atoms with Gasteiger partial charge in [-0.05, 0) is 86.4 Å². The largest absolute Gasteiger partial charge is 0.338 e. The van der Waals surface area contributed by atoms with E-state index in [1.54, 1.807) is 0 Å². The molecule has 4 aromatic rings. The lowest BCUT2D eigenvalue weighted by Crippen LogP contribution is -2.37. The van der Waals surface area contributed by atoms with Gasteiger partial charge >= 0.3 is 0 Å². The van der Waals surface area contributed by atoms with E-state index in [1.807, 2.05) is 48.2 Å². The number of benzene rings is 3. The van der Waals surface area contributed by atoms with Crippen molar-refractivity contribution in [1.82, 2.24) is 15.0 Å². The second-order valence-corrected chi connectivity index (χ2v) is 10.8. The minimum atomic E-state index is -0.00345. The number of aromatic nitrogens is 2. The Hall–Kier alpha value is -3.13. The van der Waals surface area contributed by atoms with Crippen LogP contribution in [0.3, 0.4) is 0 Å². The monoisotopic (exact) mass is 532 g/mol. The quantitative estimate of drug-likeness (QED) is 0.250. The van der Waals surface area contributed by atoms with Gasteiger partial charge in [-0.15, -0.1) is 11.8 Å². The Morgan fingerprint density at radius 2 is 1.84 bits per heavy atom. The molecule has 0 spiro atoms. The second-order valence-electron chi connectivity index (χ2n) is 9.31. The summed E-state index contributed by atoms with van der Waals surface area (Å²) >= 11 is 7.77. The van der Waals surface area contributed by atoms with E-state index in [0.29, 0.717) is 23.3 Å². The molecular formula is C29H29ClN4O2S. The normalized spacial score (nSPS) is 14.5. The molecule has 2 heterocycles. The summed E-state index contributed by atoms with van der Waals surface area (Å²) in [5, 5.41) is 7.92. The molecule has 0 unspecified atom stereocenters. The minimum absolute atomic E-state index is 0.00345. The summed E-state index contributed by atoms with van der Waals surface area (Å²) in [4.78, 5) is 21.0. The molecule has 1 aromatic heterocycles. The van der Waals surface area contributed by atoms with Crippen molar-refractivity contribution in [1.29, 1.82) is 0 Å². The molecule has 1 saturated heterocycles. The number of likely N-dealkylation sites (tertiary alicyclic amines) is 1. The number of aryl methyl sites for hydroxylation is 1. The summed E-state index contributed by atoms with van der Waals surface area (Å²) in [5.74, 6) is 2.13. The number of hydrogen-bond donors (Lipinski definition) is 1. The van der Waals surface area contributed by atoms with Crippen LogP contribution in [0.5, 0.6) is 0 Å². The van der Waals surface area contributed by atoms with Crippen LogP contribution in [0, 0.1) is 12.8 Å².